The fourth-order valence-electron chi connectivity index (χ4n) is 9.37. The number of allylic oxidation sites excluding steroid dienone is 6. The minimum absolute atomic E-state index is 0.00107. The Balaban J connectivity index is 1.48. The lowest BCUT2D eigenvalue weighted by Crippen LogP contribution is -2.28. The number of hydrogen-bond acceptors (Lipinski definition) is 13. The molecule has 7 rings (SSSR count). The van der Waals surface area contributed by atoms with Crippen LogP contribution < -0.4 is 4.90 Å². The normalized spacial score (nSPS) is 17.0. The maximum Gasteiger partial charge on any atom is 0.337 e. The molecule has 2 aliphatic heterocycles. The van der Waals surface area contributed by atoms with Crippen molar-refractivity contribution in [2.24, 2.45) is 0 Å². The molecule has 2 aliphatic rings. The van der Waals surface area contributed by atoms with Gasteiger partial charge in [0, 0.05) is 70.0 Å². The van der Waals surface area contributed by atoms with E-state index in [9.17, 15) is 74.8 Å². The van der Waals surface area contributed by atoms with Crippen molar-refractivity contribution in [1.82, 2.24) is 4.98 Å². The van der Waals surface area contributed by atoms with Gasteiger partial charge in [0.25, 0.3) is 50.6 Å². The Kier molecular flexibility index (Phi) is 13.3. The van der Waals surface area contributed by atoms with E-state index in [1.54, 1.807) is 62.6 Å². The fourth-order valence-corrected chi connectivity index (χ4v) is 12.5. The van der Waals surface area contributed by atoms with E-state index in [0.717, 1.165) is 18.3 Å². The van der Waals surface area contributed by atoms with Gasteiger partial charge in [0.1, 0.15) is 16.3 Å². The third-order valence-electron chi connectivity index (χ3n) is 12.3. The van der Waals surface area contributed by atoms with Gasteiger partial charge in [0.2, 0.25) is 5.69 Å². The van der Waals surface area contributed by atoms with Crippen LogP contribution in [0.3, 0.4) is 0 Å². The second kappa shape index (κ2) is 17.8. The van der Waals surface area contributed by atoms with Crippen molar-refractivity contribution in [2.45, 2.75) is 77.9 Å². The number of aromatic nitrogens is 1. The molecular weight excluding hydrogens is 1010 g/mol. The summed E-state index contributed by atoms with van der Waals surface area (Å²) in [5, 5.41) is 9.67. The molecule has 20 nitrogen and oxygen atoms in total. The number of carboxylic acids is 1. The standard InChI is InChI=1S/C45H45N3O17S5/c1-6-18-47-35-14-11-30-32(21-28(67(54,55)56)23-37(30)69(60,61)62)41(35)44(2,3)39(47)16-9-26(34-13-8-27(25-46-34)43(49)50)10-17-40-45(4,5)42-33-22-29(68(57,58)59)24-38(70(63,64)65)31(33)12-15-36(42)48(40)19-7-20-66(51,52)53/h8-17,21-25H,6-7,18-20H2,1-5H3,(H5-,49,50,51,52,53,54,55,56,57,58,59,60,61,62,63,64,65)/p+1. The van der Waals surface area contributed by atoms with E-state index in [4.69, 9.17) is 0 Å². The second-order valence-electron chi connectivity index (χ2n) is 17.7. The second-order valence-corrected chi connectivity index (χ2v) is 24.9. The molecule has 25 heteroatoms. The SMILES string of the molecule is CCCN1/C(=C/C=C(/C=C/C2=[N+](CCCS(=O)(=O)O)c3ccc4c(S(=O)(=O)O)cc(S(=O)(=O)O)cc4c3C2(C)C)c2ccc(C(=O)O)cn2)C(C)(C)c2c1ccc1c(S(=O)(=O)O)cc(S(=O)(=O)O)cc21. The average molecular weight is 1060 g/mol. The first-order valence-corrected chi connectivity index (χ1v) is 28.3. The molecule has 0 atom stereocenters. The fraction of sp³-hybridized carbons (Fsp3) is 0.267. The molecule has 0 amide bonds. The molecule has 3 heterocycles. The zero-order chi connectivity index (χ0) is 51.9. The van der Waals surface area contributed by atoms with Gasteiger partial charge < -0.3 is 10.0 Å². The Morgan fingerprint density at radius 3 is 1.74 bits per heavy atom. The van der Waals surface area contributed by atoms with E-state index in [-0.39, 0.29) is 45.8 Å². The number of fused-ring (bicyclic) bond motifs is 6. The monoisotopic (exact) mass is 1060 g/mol. The van der Waals surface area contributed by atoms with Crippen LogP contribution in [0.1, 0.15) is 74.6 Å². The highest BCUT2D eigenvalue weighted by Crippen LogP contribution is 2.52. The topological polar surface area (TPSA) is 328 Å². The van der Waals surface area contributed by atoms with Crippen LogP contribution in [0.4, 0.5) is 11.4 Å². The van der Waals surface area contributed by atoms with Crippen LogP contribution in [0.5, 0.6) is 0 Å². The number of benzene rings is 4. The Labute approximate surface area is 403 Å². The van der Waals surface area contributed by atoms with Crippen LogP contribution in [0, 0.1) is 0 Å². The van der Waals surface area contributed by atoms with Crippen molar-refractivity contribution in [3.8, 4) is 0 Å². The Morgan fingerprint density at radius 2 is 1.26 bits per heavy atom. The summed E-state index contributed by atoms with van der Waals surface area (Å²) in [5.74, 6) is -1.93. The third-order valence-corrected chi connectivity index (χ3v) is 16.6. The largest absolute Gasteiger partial charge is 0.478 e. The predicted molar refractivity (Wildman–Crippen MR) is 258 cm³/mol. The van der Waals surface area contributed by atoms with Crippen molar-refractivity contribution in [1.29, 1.82) is 0 Å². The lowest BCUT2D eigenvalue weighted by molar-refractivity contribution is -0.437. The molecule has 0 aliphatic carbocycles. The molecule has 0 saturated heterocycles. The number of hydrogen-bond donors (Lipinski definition) is 6. The van der Waals surface area contributed by atoms with Crippen molar-refractivity contribution in [3.63, 3.8) is 0 Å². The first kappa shape index (κ1) is 52.1. The smallest absolute Gasteiger partial charge is 0.337 e. The third kappa shape index (κ3) is 9.82. The molecule has 0 bridgehead atoms. The number of anilines is 1. The Bertz CT molecular complexity index is 3800. The predicted octanol–water partition coefficient (Wildman–Crippen LogP) is 6.46. The average Bonchev–Trinajstić information content (AvgIpc) is 3.59. The van der Waals surface area contributed by atoms with E-state index in [1.807, 2.05) is 11.8 Å². The summed E-state index contributed by atoms with van der Waals surface area (Å²) in [7, 11) is -24.6. The van der Waals surface area contributed by atoms with Crippen LogP contribution in [-0.4, -0.2) is 110 Å². The van der Waals surface area contributed by atoms with Crippen LogP contribution in [0.15, 0.2) is 116 Å². The summed E-state index contributed by atoms with van der Waals surface area (Å²) in [6, 6.07) is 12.1. The van der Waals surface area contributed by atoms with Crippen LogP contribution >= 0.6 is 0 Å². The molecule has 0 radical (unpaired) electrons. The highest BCUT2D eigenvalue weighted by molar-refractivity contribution is 7.87. The summed E-state index contributed by atoms with van der Waals surface area (Å²) >= 11 is 0. The van der Waals surface area contributed by atoms with Gasteiger partial charge in [-0.15, -0.1) is 0 Å². The van der Waals surface area contributed by atoms with Crippen LogP contribution in [0.2, 0.25) is 0 Å². The van der Waals surface area contributed by atoms with Gasteiger partial charge in [0.15, 0.2) is 5.71 Å². The molecule has 0 saturated carbocycles. The minimum atomic E-state index is -5.09. The van der Waals surface area contributed by atoms with Gasteiger partial charge in [-0.3, -0.25) is 27.7 Å². The number of nitrogens with zero attached hydrogens (tertiary/aromatic N) is 3. The Hall–Kier alpha value is -5.74. The van der Waals surface area contributed by atoms with Crippen molar-refractivity contribution < 1.29 is 79.3 Å². The van der Waals surface area contributed by atoms with Crippen molar-refractivity contribution in [3.05, 3.63) is 119 Å². The van der Waals surface area contributed by atoms with E-state index in [0.29, 0.717) is 64.6 Å². The maximum absolute atomic E-state index is 12.7. The first-order valence-electron chi connectivity index (χ1n) is 21.0. The quantitative estimate of drug-likeness (QED) is 0.0372. The summed E-state index contributed by atoms with van der Waals surface area (Å²) in [6.07, 6.45) is 8.19. The van der Waals surface area contributed by atoms with Gasteiger partial charge in [-0.2, -0.15) is 46.7 Å². The minimum Gasteiger partial charge on any atom is -0.478 e. The summed E-state index contributed by atoms with van der Waals surface area (Å²) in [6.45, 7) is 9.23. The zero-order valence-corrected chi connectivity index (χ0v) is 41.8. The Morgan fingerprint density at radius 1 is 0.700 bits per heavy atom. The molecule has 372 valence electrons. The lowest BCUT2D eigenvalue weighted by Gasteiger charge is -2.27. The number of carbonyl (C=O) groups is 1. The molecule has 0 spiro atoms. The molecule has 0 fully saturated rings. The number of rotatable bonds is 15. The van der Waals surface area contributed by atoms with Crippen molar-refractivity contribution >= 4 is 101 Å². The lowest BCUT2D eigenvalue weighted by atomic mass is 9.79. The highest BCUT2D eigenvalue weighted by Gasteiger charge is 2.47. The highest BCUT2D eigenvalue weighted by atomic mass is 32.2. The molecule has 6 N–H and O–H groups in total. The van der Waals surface area contributed by atoms with Gasteiger partial charge in [-0.1, -0.05) is 32.9 Å². The summed E-state index contributed by atoms with van der Waals surface area (Å²) in [5.41, 5.74) is 0.818. The summed E-state index contributed by atoms with van der Waals surface area (Å²) in [4.78, 5) is 15.1. The zero-order valence-electron chi connectivity index (χ0n) is 37.8. The van der Waals surface area contributed by atoms with Gasteiger partial charge in [0.05, 0.1) is 32.2 Å². The summed E-state index contributed by atoms with van der Waals surface area (Å²) < 4.78 is 176. The van der Waals surface area contributed by atoms with Crippen LogP contribution in [0.25, 0.3) is 27.1 Å². The molecule has 70 heavy (non-hydrogen) atoms. The van der Waals surface area contributed by atoms with Gasteiger partial charge >= 0.3 is 5.97 Å². The van der Waals surface area contributed by atoms with E-state index < -0.39 is 92.7 Å². The number of aromatic carboxylic acids is 1. The number of pyridine rings is 1. The molecule has 4 aromatic carbocycles. The van der Waals surface area contributed by atoms with Gasteiger partial charge in [-0.05, 0) is 97.3 Å². The molecular formula is C45H46N3O17S5+. The van der Waals surface area contributed by atoms with Crippen LogP contribution in [-0.2, 0) is 61.4 Å². The molecule has 1 aromatic heterocycles. The van der Waals surface area contributed by atoms with E-state index in [1.165, 1.54) is 30.3 Å². The van der Waals surface area contributed by atoms with E-state index >= 15 is 0 Å². The molecule has 5 aromatic rings. The first-order chi connectivity index (χ1) is 32.2. The van der Waals surface area contributed by atoms with Gasteiger partial charge in [-0.25, -0.2) is 4.79 Å². The number of carboxylic acid groups (broad SMARTS) is 1. The molecule has 0 unspecified atom stereocenters. The maximum atomic E-state index is 12.7. The van der Waals surface area contributed by atoms with Crippen molar-refractivity contribution in [2.75, 3.05) is 23.7 Å². The van der Waals surface area contributed by atoms with E-state index in [2.05, 4.69) is 4.98 Å².